The summed E-state index contributed by atoms with van der Waals surface area (Å²) in [5.41, 5.74) is 6.79. The Bertz CT molecular complexity index is 580. The maximum absolute atomic E-state index is 5.99. The Labute approximate surface area is 132 Å². The molecule has 0 aliphatic carbocycles. The summed E-state index contributed by atoms with van der Waals surface area (Å²) in [6.07, 6.45) is 0. The predicted molar refractivity (Wildman–Crippen MR) is 92.5 cm³/mol. The monoisotopic (exact) mass is 302 g/mol. The van der Waals surface area contributed by atoms with Crippen molar-refractivity contribution < 1.29 is 9.47 Å². The summed E-state index contributed by atoms with van der Waals surface area (Å²) in [6.45, 7) is 9.25. The second-order valence-corrected chi connectivity index (χ2v) is 5.00. The molecule has 3 rings (SSSR count). The van der Waals surface area contributed by atoms with E-state index in [0.29, 0.717) is 6.61 Å². The average Bonchev–Trinajstić information content (AvgIpc) is 2.60. The molecule has 0 unspecified atom stereocenters. The van der Waals surface area contributed by atoms with Gasteiger partial charge in [0.2, 0.25) is 0 Å². The number of hydrogen-bond donors (Lipinski definition) is 1. The highest BCUT2D eigenvalue weighted by Gasteiger charge is 2.10. The van der Waals surface area contributed by atoms with Gasteiger partial charge in [0.1, 0.15) is 12.4 Å². The molecular weight excluding hydrogens is 276 g/mol. The molecule has 120 valence electrons. The van der Waals surface area contributed by atoms with E-state index >= 15 is 0 Å². The summed E-state index contributed by atoms with van der Waals surface area (Å²) in [4.78, 5) is 2.36. The normalized spacial score (nSPS) is 15.2. The highest BCUT2D eigenvalue weighted by atomic mass is 16.5. The smallest absolute Gasteiger partial charge is 0.127 e. The van der Waals surface area contributed by atoms with E-state index in [2.05, 4.69) is 11.0 Å². The molecule has 1 heterocycles. The van der Waals surface area contributed by atoms with Crippen LogP contribution in [0.4, 0.5) is 5.69 Å². The number of fused-ring (bicyclic) bond motifs is 1. The number of ether oxygens (including phenoxy) is 2. The van der Waals surface area contributed by atoms with Gasteiger partial charge in [0.05, 0.1) is 13.2 Å². The lowest BCUT2D eigenvalue weighted by molar-refractivity contribution is 0.0323. The third-order valence-electron chi connectivity index (χ3n) is 3.69. The highest BCUT2D eigenvalue weighted by Crippen LogP contribution is 2.29. The first kappa shape index (κ1) is 16.6. The lowest BCUT2D eigenvalue weighted by atomic mass is 10.1. The molecule has 0 radical (unpaired) electrons. The van der Waals surface area contributed by atoms with E-state index in [0.717, 1.165) is 55.1 Å². The molecule has 0 spiro atoms. The van der Waals surface area contributed by atoms with Gasteiger partial charge in [-0.2, -0.15) is 0 Å². The van der Waals surface area contributed by atoms with Crippen LogP contribution < -0.4 is 10.5 Å². The Balaban J connectivity index is 0.000000847. The third-order valence-corrected chi connectivity index (χ3v) is 3.69. The first-order chi connectivity index (χ1) is 10.8. The number of nitrogens with two attached hydrogens (primary N) is 1. The minimum Gasteiger partial charge on any atom is -0.492 e. The van der Waals surface area contributed by atoms with E-state index < -0.39 is 0 Å². The van der Waals surface area contributed by atoms with Gasteiger partial charge >= 0.3 is 0 Å². The van der Waals surface area contributed by atoms with Crippen molar-refractivity contribution in [2.24, 2.45) is 0 Å². The topological polar surface area (TPSA) is 47.7 Å². The zero-order valence-electron chi connectivity index (χ0n) is 13.5. The summed E-state index contributed by atoms with van der Waals surface area (Å²) in [5.74, 6) is 0.906. The van der Waals surface area contributed by atoms with Crippen molar-refractivity contribution in [2.45, 2.75) is 13.8 Å². The summed E-state index contributed by atoms with van der Waals surface area (Å²) in [5, 5.41) is 2.13. The van der Waals surface area contributed by atoms with Gasteiger partial charge in [0.25, 0.3) is 0 Å². The van der Waals surface area contributed by atoms with Gasteiger partial charge in [-0.1, -0.05) is 38.1 Å². The third kappa shape index (κ3) is 4.12. The van der Waals surface area contributed by atoms with Crippen molar-refractivity contribution in [3.63, 3.8) is 0 Å². The van der Waals surface area contributed by atoms with Crippen molar-refractivity contribution in [1.29, 1.82) is 0 Å². The summed E-state index contributed by atoms with van der Waals surface area (Å²) < 4.78 is 11.3. The molecule has 1 fully saturated rings. The van der Waals surface area contributed by atoms with Crippen molar-refractivity contribution in [3.05, 3.63) is 36.4 Å². The molecular formula is C18H26N2O2. The minimum atomic E-state index is 0.688. The number of rotatable bonds is 4. The van der Waals surface area contributed by atoms with Crippen LogP contribution in [-0.2, 0) is 4.74 Å². The van der Waals surface area contributed by atoms with Crippen LogP contribution in [-0.4, -0.2) is 44.4 Å². The van der Waals surface area contributed by atoms with Crippen LogP contribution in [0.15, 0.2) is 36.4 Å². The fourth-order valence-corrected chi connectivity index (χ4v) is 2.53. The molecule has 2 aromatic rings. The summed E-state index contributed by atoms with van der Waals surface area (Å²) in [6, 6.07) is 11.9. The van der Waals surface area contributed by atoms with Gasteiger partial charge in [0, 0.05) is 36.1 Å². The zero-order chi connectivity index (χ0) is 15.8. The van der Waals surface area contributed by atoms with Gasteiger partial charge in [-0.3, -0.25) is 4.90 Å². The minimum absolute atomic E-state index is 0.688. The molecule has 0 saturated carbocycles. The lowest BCUT2D eigenvalue weighted by Gasteiger charge is -2.26. The summed E-state index contributed by atoms with van der Waals surface area (Å²) >= 11 is 0. The summed E-state index contributed by atoms with van der Waals surface area (Å²) in [7, 11) is 0. The number of hydrogen-bond acceptors (Lipinski definition) is 4. The van der Waals surface area contributed by atoms with Crippen molar-refractivity contribution in [1.82, 2.24) is 4.90 Å². The number of anilines is 1. The molecule has 0 amide bonds. The second kappa shape index (κ2) is 8.61. The molecule has 1 saturated heterocycles. The number of morpholine rings is 1. The van der Waals surface area contributed by atoms with E-state index in [1.54, 1.807) is 0 Å². The van der Waals surface area contributed by atoms with Crippen molar-refractivity contribution >= 4 is 16.5 Å². The van der Waals surface area contributed by atoms with Crippen LogP contribution in [0.2, 0.25) is 0 Å². The molecule has 2 aromatic carbocycles. The van der Waals surface area contributed by atoms with Gasteiger partial charge in [-0.15, -0.1) is 0 Å². The first-order valence-corrected chi connectivity index (χ1v) is 8.05. The maximum atomic E-state index is 5.99. The van der Waals surface area contributed by atoms with Gasteiger partial charge in [-0.05, 0) is 12.1 Å². The molecule has 1 aliphatic rings. The fourth-order valence-electron chi connectivity index (χ4n) is 2.53. The molecule has 0 bridgehead atoms. The Morgan fingerprint density at radius 2 is 1.73 bits per heavy atom. The molecule has 2 N–H and O–H groups in total. The Morgan fingerprint density at radius 1 is 1.05 bits per heavy atom. The highest BCUT2D eigenvalue weighted by molar-refractivity contribution is 5.96. The Kier molecular flexibility index (Phi) is 6.49. The van der Waals surface area contributed by atoms with Crippen LogP contribution in [0.5, 0.6) is 5.75 Å². The maximum Gasteiger partial charge on any atom is 0.127 e. The SMILES string of the molecule is CC.Nc1ccc(OCCN2CCOCC2)c2ccccc12. The first-order valence-electron chi connectivity index (χ1n) is 8.05. The quantitative estimate of drug-likeness (QED) is 0.881. The Hall–Kier alpha value is -1.78. The second-order valence-electron chi connectivity index (χ2n) is 5.00. The number of nitrogen functional groups attached to an aromatic ring is 1. The molecule has 4 nitrogen and oxygen atoms in total. The van der Waals surface area contributed by atoms with Crippen LogP contribution in [0.3, 0.4) is 0 Å². The Morgan fingerprint density at radius 3 is 2.45 bits per heavy atom. The van der Waals surface area contributed by atoms with Crippen LogP contribution in [0.25, 0.3) is 10.8 Å². The lowest BCUT2D eigenvalue weighted by Crippen LogP contribution is -2.38. The number of benzene rings is 2. The predicted octanol–water partition coefficient (Wildman–Crippen LogP) is 3.16. The zero-order valence-corrected chi connectivity index (χ0v) is 13.5. The van der Waals surface area contributed by atoms with Crippen molar-refractivity contribution in [3.8, 4) is 5.75 Å². The standard InChI is InChI=1S/C16H20N2O2.C2H6/c17-15-5-6-16(14-4-2-1-3-13(14)15)20-12-9-18-7-10-19-11-8-18;1-2/h1-6H,7-12,17H2;1-2H3. The van der Waals surface area contributed by atoms with Gasteiger partial charge < -0.3 is 15.2 Å². The van der Waals surface area contributed by atoms with Crippen LogP contribution in [0.1, 0.15) is 13.8 Å². The molecule has 4 heteroatoms. The van der Waals surface area contributed by atoms with E-state index in [-0.39, 0.29) is 0 Å². The van der Waals surface area contributed by atoms with E-state index in [9.17, 15) is 0 Å². The number of nitrogens with zero attached hydrogens (tertiary/aromatic N) is 1. The van der Waals surface area contributed by atoms with E-state index in [4.69, 9.17) is 15.2 Å². The van der Waals surface area contributed by atoms with Crippen LogP contribution in [0, 0.1) is 0 Å². The van der Waals surface area contributed by atoms with E-state index in [1.807, 2.05) is 44.2 Å². The fraction of sp³-hybridized carbons (Fsp3) is 0.444. The largest absolute Gasteiger partial charge is 0.492 e. The van der Waals surface area contributed by atoms with Gasteiger partial charge in [-0.25, -0.2) is 0 Å². The molecule has 22 heavy (non-hydrogen) atoms. The molecule has 1 aliphatic heterocycles. The average molecular weight is 302 g/mol. The molecule has 0 atom stereocenters. The molecule has 0 aromatic heterocycles. The van der Waals surface area contributed by atoms with E-state index in [1.165, 1.54) is 0 Å². The van der Waals surface area contributed by atoms with Crippen molar-refractivity contribution in [2.75, 3.05) is 45.2 Å². The van der Waals surface area contributed by atoms with Gasteiger partial charge in [0.15, 0.2) is 0 Å². The van der Waals surface area contributed by atoms with Crippen LogP contribution >= 0.6 is 0 Å².